The zero-order valence-corrected chi connectivity index (χ0v) is 26.2. The number of primary amides is 1. The molecule has 0 aliphatic heterocycles. The SMILES string of the molecule is C=CC(C(N)=O)([C@H](Cc1ccccc1)C(=O)NC1CCCCC1)[C@H](O)c1cc(OCc2ccc(OC)cc2)n(-c2ccccc2)n1. The molecule has 1 fully saturated rings. The second-order valence-corrected chi connectivity index (χ2v) is 11.8. The van der Waals surface area contributed by atoms with Crippen LogP contribution in [0.1, 0.15) is 55.0 Å². The standard InChI is InChI=1S/C37H42N4O5/c1-3-37(36(38)44,31(23-26-13-7-4-8-14-26)35(43)39-28-15-9-5-10-16-28)34(42)32-24-33(41(40-32)29-17-11-6-12-18-29)46-25-27-19-21-30(45-2)22-20-27/h3-4,6-8,11-14,17-22,24,28,31,34,42H,1,5,9-10,15-16,23,25H2,2H3,(H2,38,44)(H,39,43)/t31-,34-,37?/m1/s1. The molecular weight excluding hydrogens is 580 g/mol. The minimum atomic E-state index is -1.89. The Kier molecular flexibility index (Phi) is 10.5. The maximum Gasteiger partial charge on any atom is 0.231 e. The van der Waals surface area contributed by atoms with Crippen LogP contribution in [0.3, 0.4) is 0 Å². The summed E-state index contributed by atoms with van der Waals surface area (Å²) < 4.78 is 13.0. The van der Waals surface area contributed by atoms with Gasteiger partial charge in [-0.3, -0.25) is 9.59 Å². The van der Waals surface area contributed by atoms with Crippen molar-refractivity contribution in [3.05, 3.63) is 120 Å². The van der Waals surface area contributed by atoms with Crippen LogP contribution in [-0.2, 0) is 22.6 Å². The molecule has 4 aromatic rings. The van der Waals surface area contributed by atoms with Gasteiger partial charge in [0.15, 0.2) is 0 Å². The number of aliphatic hydroxyl groups is 1. The smallest absolute Gasteiger partial charge is 0.231 e. The molecule has 46 heavy (non-hydrogen) atoms. The van der Waals surface area contributed by atoms with Crippen LogP contribution in [0.5, 0.6) is 11.6 Å². The molecule has 0 spiro atoms. The van der Waals surface area contributed by atoms with Crippen LogP contribution in [0.4, 0.5) is 0 Å². The van der Waals surface area contributed by atoms with Crippen molar-refractivity contribution >= 4 is 11.8 Å². The Bertz CT molecular complexity index is 1600. The first-order valence-corrected chi connectivity index (χ1v) is 15.7. The summed E-state index contributed by atoms with van der Waals surface area (Å²) in [5, 5.41) is 20.0. The number of rotatable bonds is 14. The molecule has 1 heterocycles. The van der Waals surface area contributed by atoms with Gasteiger partial charge >= 0.3 is 0 Å². The number of amides is 2. The highest BCUT2D eigenvalue weighted by Gasteiger charge is 2.53. The predicted octanol–water partition coefficient (Wildman–Crippen LogP) is 5.46. The van der Waals surface area contributed by atoms with E-state index >= 15 is 0 Å². The molecule has 1 aliphatic rings. The van der Waals surface area contributed by atoms with Crippen molar-refractivity contribution in [2.75, 3.05) is 7.11 Å². The molecule has 1 aliphatic carbocycles. The lowest BCUT2D eigenvalue weighted by atomic mass is 9.66. The second kappa shape index (κ2) is 14.9. The summed E-state index contributed by atoms with van der Waals surface area (Å²) >= 11 is 0. The van der Waals surface area contributed by atoms with Crippen molar-refractivity contribution in [2.24, 2.45) is 17.1 Å². The minimum absolute atomic E-state index is 0.0118. The number of nitrogens with one attached hydrogen (secondary N) is 1. The molecular formula is C37H42N4O5. The highest BCUT2D eigenvalue weighted by Crippen LogP contribution is 2.44. The maximum absolute atomic E-state index is 14.1. The van der Waals surface area contributed by atoms with Crippen molar-refractivity contribution in [1.82, 2.24) is 15.1 Å². The number of carbonyl (C=O) groups is 2. The molecule has 4 N–H and O–H groups in total. The number of nitrogens with two attached hydrogens (primary N) is 1. The van der Waals surface area contributed by atoms with Gasteiger partial charge in [0.25, 0.3) is 0 Å². The van der Waals surface area contributed by atoms with Crippen molar-refractivity contribution in [3.63, 3.8) is 0 Å². The fourth-order valence-corrected chi connectivity index (χ4v) is 6.22. The first-order valence-electron chi connectivity index (χ1n) is 15.7. The van der Waals surface area contributed by atoms with Crippen LogP contribution in [0.15, 0.2) is 104 Å². The van der Waals surface area contributed by atoms with Gasteiger partial charge in [-0.2, -0.15) is 5.10 Å². The van der Waals surface area contributed by atoms with E-state index in [4.69, 9.17) is 20.3 Å². The topological polar surface area (TPSA) is 129 Å². The van der Waals surface area contributed by atoms with Crippen LogP contribution >= 0.6 is 0 Å². The summed E-state index contributed by atoms with van der Waals surface area (Å²) in [5.41, 5.74) is 6.76. The first-order chi connectivity index (χ1) is 22.3. The van der Waals surface area contributed by atoms with Gasteiger partial charge in [0, 0.05) is 12.1 Å². The van der Waals surface area contributed by atoms with Gasteiger partial charge in [0.05, 0.1) is 24.4 Å². The van der Waals surface area contributed by atoms with E-state index in [0.29, 0.717) is 11.6 Å². The number of methoxy groups -OCH3 is 1. The number of para-hydroxylation sites is 1. The lowest BCUT2D eigenvalue weighted by Gasteiger charge is -2.39. The fourth-order valence-electron chi connectivity index (χ4n) is 6.22. The van der Waals surface area contributed by atoms with Gasteiger partial charge in [-0.05, 0) is 54.7 Å². The molecule has 3 aromatic carbocycles. The van der Waals surface area contributed by atoms with Gasteiger partial charge in [-0.25, -0.2) is 4.68 Å². The van der Waals surface area contributed by atoms with E-state index in [0.717, 1.165) is 49.0 Å². The van der Waals surface area contributed by atoms with Gasteiger partial charge in [0.1, 0.15) is 23.9 Å². The summed E-state index contributed by atoms with van der Waals surface area (Å²) in [7, 11) is 1.61. The number of aliphatic hydroxyl groups excluding tert-OH is 1. The number of hydrogen-bond acceptors (Lipinski definition) is 6. The van der Waals surface area contributed by atoms with Crippen LogP contribution in [0.25, 0.3) is 5.69 Å². The normalized spacial score (nSPS) is 16.0. The van der Waals surface area contributed by atoms with Crippen molar-refractivity contribution in [3.8, 4) is 17.3 Å². The number of aromatic nitrogens is 2. The van der Waals surface area contributed by atoms with Crippen molar-refractivity contribution in [1.29, 1.82) is 0 Å². The number of hydrogen-bond donors (Lipinski definition) is 3. The molecule has 9 nitrogen and oxygen atoms in total. The molecule has 0 saturated heterocycles. The highest BCUT2D eigenvalue weighted by atomic mass is 16.5. The summed E-state index contributed by atoms with van der Waals surface area (Å²) in [4.78, 5) is 27.7. The molecule has 240 valence electrons. The summed E-state index contributed by atoms with van der Waals surface area (Å²) in [6, 6.07) is 27.8. The monoisotopic (exact) mass is 622 g/mol. The largest absolute Gasteiger partial charge is 0.497 e. The molecule has 0 bridgehead atoms. The van der Waals surface area contributed by atoms with Crippen LogP contribution in [-0.4, -0.2) is 39.9 Å². The fraction of sp³-hybridized carbons (Fsp3) is 0.324. The minimum Gasteiger partial charge on any atom is -0.497 e. The lowest BCUT2D eigenvalue weighted by molar-refractivity contribution is -0.145. The maximum atomic E-state index is 14.1. The molecule has 2 amide bonds. The quantitative estimate of drug-likeness (QED) is 0.160. The van der Waals surface area contributed by atoms with Crippen LogP contribution in [0.2, 0.25) is 0 Å². The van der Waals surface area contributed by atoms with E-state index < -0.39 is 23.3 Å². The summed E-state index contributed by atoms with van der Waals surface area (Å²) in [6.45, 7) is 4.16. The molecule has 3 atom stereocenters. The first kappa shape index (κ1) is 32.5. The van der Waals surface area contributed by atoms with Crippen molar-refractivity contribution in [2.45, 2.75) is 57.3 Å². The van der Waals surface area contributed by atoms with Crippen LogP contribution in [0, 0.1) is 11.3 Å². The highest BCUT2D eigenvalue weighted by molar-refractivity contribution is 5.92. The third kappa shape index (κ3) is 7.15. The number of benzene rings is 3. The summed E-state index contributed by atoms with van der Waals surface area (Å²) in [6.07, 6.45) is 4.76. The molecule has 1 saturated carbocycles. The van der Waals surface area contributed by atoms with E-state index in [1.54, 1.807) is 17.9 Å². The third-order valence-electron chi connectivity index (χ3n) is 8.87. The van der Waals surface area contributed by atoms with Crippen molar-refractivity contribution < 1.29 is 24.2 Å². The van der Waals surface area contributed by atoms with Crippen LogP contribution < -0.4 is 20.5 Å². The third-order valence-corrected chi connectivity index (χ3v) is 8.87. The van der Waals surface area contributed by atoms with E-state index in [9.17, 15) is 14.7 Å². The number of nitrogens with zero attached hydrogens (tertiary/aromatic N) is 2. The Labute approximate surface area is 270 Å². The Morgan fingerprint density at radius 1 is 1.02 bits per heavy atom. The molecule has 5 rings (SSSR count). The van der Waals surface area contributed by atoms with Gasteiger partial charge in [0.2, 0.25) is 17.7 Å². The molecule has 9 heteroatoms. The zero-order valence-electron chi connectivity index (χ0n) is 26.2. The van der Waals surface area contributed by atoms with E-state index in [2.05, 4.69) is 11.9 Å². The zero-order chi connectivity index (χ0) is 32.5. The number of ether oxygens (including phenoxy) is 2. The Morgan fingerprint density at radius 2 is 1.67 bits per heavy atom. The Balaban J connectivity index is 1.53. The average molecular weight is 623 g/mol. The van der Waals surface area contributed by atoms with E-state index in [-0.39, 0.29) is 30.7 Å². The van der Waals surface area contributed by atoms with E-state index in [1.807, 2.05) is 84.9 Å². The lowest BCUT2D eigenvalue weighted by Crippen LogP contribution is -2.54. The Morgan fingerprint density at radius 3 is 2.28 bits per heavy atom. The van der Waals surface area contributed by atoms with Gasteiger partial charge in [-0.15, -0.1) is 6.58 Å². The summed E-state index contributed by atoms with van der Waals surface area (Å²) in [5.74, 6) is -1.22. The van der Waals surface area contributed by atoms with Gasteiger partial charge < -0.3 is 25.6 Å². The average Bonchev–Trinajstić information content (AvgIpc) is 3.53. The molecule has 0 radical (unpaired) electrons. The van der Waals surface area contributed by atoms with Gasteiger partial charge in [-0.1, -0.05) is 86.0 Å². The molecule has 1 aromatic heterocycles. The predicted molar refractivity (Wildman–Crippen MR) is 176 cm³/mol. The van der Waals surface area contributed by atoms with E-state index in [1.165, 1.54) is 6.08 Å². The second-order valence-electron chi connectivity index (χ2n) is 11.8. The molecule has 1 unspecified atom stereocenters. The Hall–Kier alpha value is -4.89. The number of carbonyl (C=O) groups excluding carboxylic acids is 2.